The molecule has 2 amide bonds. The Kier molecular flexibility index (Phi) is 6.76. The molecule has 1 fully saturated rings. The van der Waals surface area contributed by atoms with Crippen LogP contribution in [0.4, 0.5) is 10.5 Å². The summed E-state index contributed by atoms with van der Waals surface area (Å²) in [5, 5.41) is 11.2. The molecule has 166 valence electrons. The Hall–Kier alpha value is -3.62. The molecule has 3 aromatic carbocycles. The van der Waals surface area contributed by atoms with E-state index in [0.29, 0.717) is 22.9 Å². The van der Waals surface area contributed by atoms with Gasteiger partial charge in [0.15, 0.2) is 0 Å². The molecule has 0 aromatic heterocycles. The molecule has 1 saturated heterocycles. The second kappa shape index (κ2) is 9.89. The molecule has 0 radical (unpaired) electrons. The van der Waals surface area contributed by atoms with E-state index >= 15 is 0 Å². The van der Waals surface area contributed by atoms with E-state index in [1.165, 1.54) is 18.2 Å². The van der Waals surface area contributed by atoms with E-state index in [9.17, 15) is 19.7 Å². The second-order valence-corrected chi connectivity index (χ2v) is 8.54. The van der Waals surface area contributed by atoms with Crippen molar-refractivity contribution in [1.82, 2.24) is 4.90 Å². The van der Waals surface area contributed by atoms with E-state index in [0.717, 1.165) is 27.8 Å². The number of rotatable bonds is 7. The number of ether oxygens (including phenoxy) is 1. The third kappa shape index (κ3) is 5.42. The van der Waals surface area contributed by atoms with E-state index in [1.54, 1.807) is 42.5 Å². The SMILES string of the molecule is O=C1SC(=Cc2ccc(OCc3ccccc3Cl)cc2)C(=O)N1Cc1cccc([N+](=O)[O-])c1. The topological polar surface area (TPSA) is 89.8 Å². The molecule has 7 nitrogen and oxygen atoms in total. The summed E-state index contributed by atoms with van der Waals surface area (Å²) in [4.78, 5) is 36.9. The molecule has 0 N–H and O–H groups in total. The van der Waals surface area contributed by atoms with Gasteiger partial charge in [0.25, 0.3) is 16.8 Å². The Morgan fingerprint density at radius 3 is 2.52 bits per heavy atom. The van der Waals surface area contributed by atoms with Crippen molar-refractivity contribution >= 4 is 46.3 Å². The highest BCUT2D eigenvalue weighted by molar-refractivity contribution is 8.18. The van der Waals surface area contributed by atoms with Gasteiger partial charge in [-0.2, -0.15) is 0 Å². The summed E-state index contributed by atoms with van der Waals surface area (Å²) >= 11 is 6.98. The lowest BCUT2D eigenvalue weighted by atomic mass is 10.2. The number of hydrogen-bond acceptors (Lipinski definition) is 6. The normalized spacial score (nSPS) is 14.7. The number of carbonyl (C=O) groups is 2. The number of nitrogens with zero attached hydrogens (tertiary/aromatic N) is 2. The monoisotopic (exact) mass is 480 g/mol. The number of hydrogen-bond donors (Lipinski definition) is 0. The summed E-state index contributed by atoms with van der Waals surface area (Å²) in [5.74, 6) is 0.210. The summed E-state index contributed by atoms with van der Waals surface area (Å²) < 4.78 is 5.76. The molecule has 0 unspecified atom stereocenters. The predicted molar refractivity (Wildman–Crippen MR) is 127 cm³/mol. The minimum atomic E-state index is -0.515. The largest absolute Gasteiger partial charge is 0.489 e. The first-order valence-electron chi connectivity index (χ1n) is 9.86. The van der Waals surface area contributed by atoms with Crippen LogP contribution in [0.1, 0.15) is 16.7 Å². The van der Waals surface area contributed by atoms with Gasteiger partial charge >= 0.3 is 0 Å². The van der Waals surface area contributed by atoms with Gasteiger partial charge in [-0.3, -0.25) is 24.6 Å². The first-order valence-corrected chi connectivity index (χ1v) is 11.0. The molecule has 0 atom stereocenters. The number of imide groups is 1. The molecule has 4 rings (SSSR count). The van der Waals surface area contributed by atoms with Gasteiger partial charge in [0.05, 0.1) is 16.4 Å². The Balaban J connectivity index is 1.42. The van der Waals surface area contributed by atoms with Crippen LogP contribution in [-0.2, 0) is 17.9 Å². The highest BCUT2D eigenvalue weighted by atomic mass is 35.5. The molecule has 1 aliphatic rings. The number of carbonyl (C=O) groups excluding carboxylic acids is 2. The van der Waals surface area contributed by atoms with Crippen LogP contribution in [-0.4, -0.2) is 21.0 Å². The quantitative estimate of drug-likeness (QED) is 0.232. The van der Waals surface area contributed by atoms with Crippen molar-refractivity contribution in [2.75, 3.05) is 0 Å². The molecule has 0 spiro atoms. The molecule has 3 aromatic rings. The number of non-ortho nitro benzene ring substituents is 1. The fourth-order valence-corrected chi connectivity index (χ4v) is 4.20. The lowest BCUT2D eigenvalue weighted by Gasteiger charge is -2.12. The van der Waals surface area contributed by atoms with Gasteiger partial charge in [-0.25, -0.2) is 0 Å². The van der Waals surface area contributed by atoms with Crippen molar-refractivity contribution in [1.29, 1.82) is 0 Å². The van der Waals surface area contributed by atoms with Gasteiger partial charge in [-0.05, 0) is 47.2 Å². The van der Waals surface area contributed by atoms with Crippen LogP contribution in [0.3, 0.4) is 0 Å². The highest BCUT2D eigenvalue weighted by Crippen LogP contribution is 2.34. The second-order valence-electron chi connectivity index (χ2n) is 7.14. The third-order valence-corrected chi connectivity index (χ3v) is 6.14. The van der Waals surface area contributed by atoms with Crippen molar-refractivity contribution in [2.45, 2.75) is 13.2 Å². The minimum Gasteiger partial charge on any atom is -0.489 e. The van der Waals surface area contributed by atoms with Crippen LogP contribution in [0, 0.1) is 10.1 Å². The number of benzene rings is 3. The van der Waals surface area contributed by atoms with Crippen LogP contribution in [0.2, 0.25) is 5.02 Å². The number of halogens is 1. The fraction of sp³-hybridized carbons (Fsp3) is 0.0833. The third-order valence-electron chi connectivity index (χ3n) is 4.87. The lowest BCUT2D eigenvalue weighted by Crippen LogP contribution is -2.27. The predicted octanol–water partition coefficient (Wildman–Crippen LogP) is 6.06. The molecule has 9 heteroatoms. The molecule has 33 heavy (non-hydrogen) atoms. The lowest BCUT2D eigenvalue weighted by molar-refractivity contribution is -0.384. The zero-order chi connectivity index (χ0) is 23.4. The molecule has 0 saturated carbocycles. The molecular weight excluding hydrogens is 464 g/mol. The zero-order valence-electron chi connectivity index (χ0n) is 17.1. The van der Waals surface area contributed by atoms with E-state index in [-0.39, 0.29) is 17.1 Å². The molecule has 1 heterocycles. The summed E-state index contributed by atoms with van der Waals surface area (Å²) in [7, 11) is 0. The number of amides is 2. The Morgan fingerprint density at radius 2 is 1.79 bits per heavy atom. The smallest absolute Gasteiger partial charge is 0.293 e. The van der Waals surface area contributed by atoms with Crippen LogP contribution in [0.5, 0.6) is 5.75 Å². The van der Waals surface area contributed by atoms with E-state index < -0.39 is 16.1 Å². The summed E-state index contributed by atoms with van der Waals surface area (Å²) in [5.41, 5.74) is 2.03. The van der Waals surface area contributed by atoms with Crippen LogP contribution in [0.25, 0.3) is 6.08 Å². The van der Waals surface area contributed by atoms with Gasteiger partial charge in [0.2, 0.25) is 0 Å². The van der Waals surface area contributed by atoms with Gasteiger partial charge in [-0.15, -0.1) is 0 Å². The van der Waals surface area contributed by atoms with Gasteiger partial charge in [0, 0.05) is 22.7 Å². The Morgan fingerprint density at radius 1 is 1.03 bits per heavy atom. The average Bonchev–Trinajstić information content (AvgIpc) is 3.07. The van der Waals surface area contributed by atoms with Gasteiger partial charge in [0.1, 0.15) is 12.4 Å². The highest BCUT2D eigenvalue weighted by Gasteiger charge is 2.35. The van der Waals surface area contributed by atoms with Crippen molar-refractivity contribution in [3.63, 3.8) is 0 Å². The van der Waals surface area contributed by atoms with Crippen LogP contribution >= 0.6 is 23.4 Å². The van der Waals surface area contributed by atoms with Crippen molar-refractivity contribution in [3.05, 3.63) is 110 Å². The summed E-state index contributed by atoms with van der Waals surface area (Å²) in [6.07, 6.45) is 1.64. The summed E-state index contributed by atoms with van der Waals surface area (Å²) in [6.45, 7) is 0.300. The first-order chi connectivity index (χ1) is 15.9. The average molecular weight is 481 g/mol. The van der Waals surface area contributed by atoms with Crippen LogP contribution in [0.15, 0.2) is 77.7 Å². The Bertz CT molecular complexity index is 1260. The van der Waals surface area contributed by atoms with Crippen LogP contribution < -0.4 is 4.74 Å². The maximum atomic E-state index is 12.7. The summed E-state index contributed by atoms with van der Waals surface area (Å²) in [6, 6.07) is 20.4. The maximum absolute atomic E-state index is 12.7. The van der Waals surface area contributed by atoms with Crippen molar-refractivity contribution < 1.29 is 19.2 Å². The fourth-order valence-electron chi connectivity index (χ4n) is 3.18. The molecular formula is C24H17ClN2O5S. The Labute approximate surface area is 198 Å². The number of nitro benzene ring substituents is 1. The standard InChI is InChI=1S/C24H17ClN2O5S/c25-21-7-2-1-5-18(21)15-32-20-10-8-16(9-11-20)13-22-23(28)26(24(29)33-22)14-17-4-3-6-19(12-17)27(30)31/h1-13H,14-15H2. The minimum absolute atomic E-state index is 0.0293. The zero-order valence-corrected chi connectivity index (χ0v) is 18.7. The van der Waals surface area contributed by atoms with Gasteiger partial charge in [-0.1, -0.05) is 54.1 Å². The molecule has 0 aliphatic carbocycles. The van der Waals surface area contributed by atoms with Gasteiger partial charge < -0.3 is 4.74 Å². The number of nitro groups is 1. The molecule has 1 aliphatic heterocycles. The van der Waals surface area contributed by atoms with E-state index in [2.05, 4.69) is 0 Å². The van der Waals surface area contributed by atoms with E-state index in [1.807, 2.05) is 18.2 Å². The number of thioether (sulfide) groups is 1. The van der Waals surface area contributed by atoms with Crippen molar-refractivity contribution in [2.24, 2.45) is 0 Å². The first kappa shape index (κ1) is 22.6. The molecule has 0 bridgehead atoms. The van der Waals surface area contributed by atoms with E-state index in [4.69, 9.17) is 16.3 Å². The maximum Gasteiger partial charge on any atom is 0.293 e. The van der Waals surface area contributed by atoms with Crippen molar-refractivity contribution in [3.8, 4) is 5.75 Å².